The van der Waals surface area contributed by atoms with Crippen LogP contribution in [-0.4, -0.2) is 26.3 Å². The molecule has 134 valence electrons. The van der Waals surface area contributed by atoms with Gasteiger partial charge >= 0.3 is 0 Å². The summed E-state index contributed by atoms with van der Waals surface area (Å²) in [6.45, 7) is 0. The van der Waals surface area contributed by atoms with Gasteiger partial charge in [-0.2, -0.15) is 0 Å². The van der Waals surface area contributed by atoms with Gasteiger partial charge in [-0.05, 0) is 36.4 Å². The maximum Gasteiger partial charge on any atom is 0.279 e. The van der Waals surface area contributed by atoms with Crippen molar-refractivity contribution in [2.75, 3.05) is 0 Å². The molecule has 2 N–H and O–H groups in total. The largest absolute Gasteiger partial charge is 0.326 e. The number of hydrogen-bond donors (Lipinski definition) is 2. The molecule has 3 aromatic heterocycles. The van der Waals surface area contributed by atoms with Crippen LogP contribution in [0.5, 0.6) is 0 Å². The highest BCUT2D eigenvalue weighted by atomic mass is 32.1. The van der Waals surface area contributed by atoms with Crippen molar-refractivity contribution in [2.24, 2.45) is 7.05 Å². The lowest BCUT2D eigenvalue weighted by Crippen LogP contribution is -2.41. The molecule has 0 fully saturated rings. The van der Waals surface area contributed by atoms with Gasteiger partial charge in [0, 0.05) is 19.4 Å². The zero-order valence-corrected chi connectivity index (χ0v) is 15.2. The van der Waals surface area contributed by atoms with E-state index in [1.165, 1.54) is 17.5 Å². The minimum Gasteiger partial charge on any atom is -0.326 e. The summed E-state index contributed by atoms with van der Waals surface area (Å²) in [6, 6.07) is 14.7. The van der Waals surface area contributed by atoms with Crippen LogP contribution in [0.25, 0.3) is 21.7 Å². The molecule has 4 rings (SSSR count). The van der Waals surface area contributed by atoms with Gasteiger partial charge in [0.05, 0.1) is 26.4 Å². The summed E-state index contributed by atoms with van der Waals surface area (Å²) < 4.78 is 1.99. The van der Waals surface area contributed by atoms with E-state index in [0.717, 1.165) is 21.7 Å². The molecule has 0 aliphatic carbocycles. The molecular formula is C19H15N5O2S. The molecular weight excluding hydrogens is 362 g/mol. The molecule has 0 radical (unpaired) electrons. The monoisotopic (exact) mass is 377 g/mol. The van der Waals surface area contributed by atoms with Gasteiger partial charge in [-0.1, -0.05) is 12.1 Å². The zero-order valence-electron chi connectivity index (χ0n) is 14.3. The van der Waals surface area contributed by atoms with Gasteiger partial charge in [0.25, 0.3) is 11.8 Å². The van der Waals surface area contributed by atoms with Crippen molar-refractivity contribution in [3.8, 4) is 10.7 Å². The standard InChI is InChI=1S/C19H15N5O2S/c1-24-14-7-3-2-6-13(14)21-17(24)15-8-9-16(27-15)19(26)23-22-18(25)12-5-4-10-20-11-12/h2-11H,1H3,(H,22,25)(H,23,26). The second-order valence-corrected chi connectivity index (χ2v) is 6.88. The Balaban J connectivity index is 1.49. The Kier molecular flexibility index (Phi) is 4.39. The Labute approximate surface area is 158 Å². The summed E-state index contributed by atoms with van der Waals surface area (Å²) in [5.41, 5.74) is 7.10. The van der Waals surface area contributed by atoms with E-state index in [1.807, 2.05) is 41.9 Å². The molecule has 4 aromatic rings. The normalized spacial score (nSPS) is 10.7. The maximum absolute atomic E-state index is 12.3. The second-order valence-electron chi connectivity index (χ2n) is 5.80. The highest BCUT2D eigenvalue weighted by Gasteiger charge is 2.15. The molecule has 1 aromatic carbocycles. The number of rotatable bonds is 3. The molecule has 3 heterocycles. The highest BCUT2D eigenvalue weighted by Crippen LogP contribution is 2.29. The molecule has 0 saturated heterocycles. The SMILES string of the molecule is Cn1c(-c2ccc(C(=O)NNC(=O)c3cccnc3)s2)nc2ccccc21. The topological polar surface area (TPSA) is 88.9 Å². The first-order chi connectivity index (χ1) is 13.1. The third-order valence-corrected chi connectivity index (χ3v) is 5.13. The van der Waals surface area contributed by atoms with E-state index in [0.29, 0.717) is 10.4 Å². The number of imidazole rings is 1. The van der Waals surface area contributed by atoms with Crippen molar-refractivity contribution in [1.82, 2.24) is 25.4 Å². The van der Waals surface area contributed by atoms with Crippen LogP contribution in [0.4, 0.5) is 0 Å². The number of carbonyl (C=O) groups is 2. The Morgan fingerprint density at radius 1 is 1.00 bits per heavy atom. The molecule has 0 atom stereocenters. The van der Waals surface area contributed by atoms with Gasteiger partial charge in [0.1, 0.15) is 0 Å². The Hall–Kier alpha value is -3.52. The molecule has 2 amide bonds. The first-order valence-corrected chi connectivity index (χ1v) is 8.97. The Morgan fingerprint density at radius 3 is 2.59 bits per heavy atom. The number of amides is 2. The minimum absolute atomic E-state index is 0.365. The lowest BCUT2D eigenvalue weighted by atomic mass is 10.3. The average Bonchev–Trinajstić information content (AvgIpc) is 3.32. The van der Waals surface area contributed by atoms with Crippen LogP contribution in [0, 0.1) is 0 Å². The number of fused-ring (bicyclic) bond motifs is 1. The molecule has 0 spiro atoms. The number of carbonyl (C=O) groups excluding carboxylic acids is 2. The van der Waals surface area contributed by atoms with Crippen LogP contribution in [-0.2, 0) is 7.05 Å². The van der Waals surface area contributed by atoms with Gasteiger partial charge < -0.3 is 4.57 Å². The molecule has 0 aliphatic heterocycles. The van der Waals surface area contributed by atoms with E-state index in [4.69, 9.17) is 0 Å². The number of nitrogens with one attached hydrogen (secondary N) is 2. The predicted octanol–water partition coefficient (Wildman–Crippen LogP) is 2.77. The predicted molar refractivity (Wildman–Crippen MR) is 103 cm³/mol. The second kappa shape index (κ2) is 7.00. The Bertz CT molecular complexity index is 1130. The van der Waals surface area contributed by atoms with Crippen LogP contribution >= 0.6 is 11.3 Å². The van der Waals surface area contributed by atoms with Crippen LogP contribution < -0.4 is 10.9 Å². The number of pyridine rings is 1. The summed E-state index contributed by atoms with van der Waals surface area (Å²) in [5, 5.41) is 0. The number of nitrogens with zero attached hydrogens (tertiary/aromatic N) is 3. The van der Waals surface area contributed by atoms with Crippen molar-refractivity contribution in [3.63, 3.8) is 0 Å². The third-order valence-electron chi connectivity index (χ3n) is 4.05. The van der Waals surface area contributed by atoms with Gasteiger partial charge in [0.15, 0.2) is 5.82 Å². The van der Waals surface area contributed by atoms with Gasteiger partial charge in [0.2, 0.25) is 0 Å². The highest BCUT2D eigenvalue weighted by molar-refractivity contribution is 7.17. The summed E-state index contributed by atoms with van der Waals surface area (Å²) >= 11 is 1.31. The quantitative estimate of drug-likeness (QED) is 0.537. The molecule has 0 unspecified atom stereocenters. The van der Waals surface area contributed by atoms with Crippen molar-refractivity contribution in [1.29, 1.82) is 0 Å². The summed E-state index contributed by atoms with van der Waals surface area (Å²) in [4.78, 5) is 34.2. The average molecular weight is 377 g/mol. The molecule has 7 nitrogen and oxygen atoms in total. The smallest absolute Gasteiger partial charge is 0.279 e. The number of hydrogen-bond acceptors (Lipinski definition) is 5. The number of aromatic nitrogens is 3. The van der Waals surface area contributed by atoms with Gasteiger partial charge in [-0.3, -0.25) is 25.4 Å². The summed E-state index contributed by atoms with van der Waals surface area (Å²) in [7, 11) is 1.94. The lowest BCUT2D eigenvalue weighted by Gasteiger charge is -2.05. The number of benzene rings is 1. The molecule has 8 heteroatoms. The number of para-hydroxylation sites is 2. The lowest BCUT2D eigenvalue weighted by molar-refractivity contribution is 0.0848. The number of hydrazine groups is 1. The first kappa shape index (κ1) is 16.9. The number of aryl methyl sites for hydroxylation is 1. The fraction of sp³-hybridized carbons (Fsp3) is 0.0526. The fourth-order valence-electron chi connectivity index (χ4n) is 2.69. The van der Waals surface area contributed by atoms with Crippen molar-refractivity contribution < 1.29 is 9.59 Å². The van der Waals surface area contributed by atoms with Gasteiger partial charge in [-0.15, -0.1) is 11.3 Å². The molecule has 0 saturated carbocycles. The van der Waals surface area contributed by atoms with Crippen LogP contribution in [0.2, 0.25) is 0 Å². The Morgan fingerprint density at radius 2 is 1.81 bits per heavy atom. The fourth-order valence-corrected chi connectivity index (χ4v) is 3.62. The van der Waals surface area contributed by atoms with E-state index in [-0.39, 0.29) is 5.91 Å². The summed E-state index contributed by atoms with van der Waals surface area (Å²) in [5.74, 6) is -0.0227. The summed E-state index contributed by atoms with van der Waals surface area (Å²) in [6.07, 6.45) is 3.00. The molecule has 27 heavy (non-hydrogen) atoms. The zero-order chi connectivity index (χ0) is 18.8. The van der Waals surface area contributed by atoms with Gasteiger partial charge in [-0.25, -0.2) is 4.98 Å². The van der Waals surface area contributed by atoms with Crippen molar-refractivity contribution in [2.45, 2.75) is 0 Å². The first-order valence-electron chi connectivity index (χ1n) is 8.16. The van der Waals surface area contributed by atoms with E-state index in [9.17, 15) is 9.59 Å². The molecule has 0 aliphatic rings. The van der Waals surface area contributed by atoms with Crippen molar-refractivity contribution in [3.05, 3.63) is 71.4 Å². The van der Waals surface area contributed by atoms with E-state index in [1.54, 1.807) is 24.4 Å². The maximum atomic E-state index is 12.3. The van der Waals surface area contributed by atoms with E-state index >= 15 is 0 Å². The van der Waals surface area contributed by atoms with Crippen molar-refractivity contribution >= 4 is 34.2 Å². The van der Waals surface area contributed by atoms with E-state index in [2.05, 4.69) is 20.8 Å². The van der Waals surface area contributed by atoms with Crippen LogP contribution in [0.15, 0.2) is 60.9 Å². The molecule has 0 bridgehead atoms. The third kappa shape index (κ3) is 3.30. The minimum atomic E-state index is -0.427. The van der Waals surface area contributed by atoms with Crippen LogP contribution in [0.1, 0.15) is 20.0 Å². The van der Waals surface area contributed by atoms with Crippen LogP contribution in [0.3, 0.4) is 0 Å². The van der Waals surface area contributed by atoms with E-state index < -0.39 is 5.91 Å². The number of thiophene rings is 1.